The molecule has 8 heteroatoms. The first kappa shape index (κ1) is 23.0. The number of Topliss-reactive ketones (excluding diaryl/α,β-unsaturated/α-hetero) is 1. The van der Waals surface area contributed by atoms with E-state index in [2.05, 4.69) is 9.97 Å². The van der Waals surface area contributed by atoms with E-state index in [4.69, 9.17) is 4.74 Å². The first-order chi connectivity index (χ1) is 17.5. The van der Waals surface area contributed by atoms with Crippen molar-refractivity contribution in [3.05, 3.63) is 107 Å². The van der Waals surface area contributed by atoms with Crippen LogP contribution in [0.2, 0.25) is 0 Å². The largest absolute Gasteiger partial charge is 0.507 e. The number of ether oxygens (including phenoxy) is 1. The highest BCUT2D eigenvalue weighted by Crippen LogP contribution is 2.39. The standard InChI is InChI=1S/C28H23N3O5/c1-36-28(35)18-10-8-17(9-11-18)24-23(25(32)20-5-4-13-29-15-20)26(33)27(34)31(24)14-12-19-16-30-22-7-3-2-6-21(19)22/h2-11,13,15-16,24,30,32H,12,14H2,1H3. The normalized spacial score (nSPS) is 17.0. The number of ketones is 1. The van der Waals surface area contributed by atoms with Crippen LogP contribution in [0.15, 0.2) is 84.8 Å². The van der Waals surface area contributed by atoms with E-state index in [1.807, 2.05) is 30.5 Å². The second kappa shape index (κ2) is 9.50. The van der Waals surface area contributed by atoms with Crippen LogP contribution < -0.4 is 0 Å². The minimum absolute atomic E-state index is 0.0160. The van der Waals surface area contributed by atoms with Crippen LogP contribution in [0.5, 0.6) is 0 Å². The Morgan fingerprint density at radius 3 is 2.56 bits per heavy atom. The molecule has 1 amide bonds. The third kappa shape index (κ3) is 4.02. The number of carbonyl (C=O) groups is 3. The van der Waals surface area contributed by atoms with Crippen molar-refractivity contribution in [1.29, 1.82) is 0 Å². The number of fused-ring (bicyclic) bond motifs is 1. The number of H-pyrrole nitrogens is 1. The van der Waals surface area contributed by atoms with E-state index >= 15 is 0 Å². The molecule has 4 aromatic rings. The maximum Gasteiger partial charge on any atom is 0.337 e. The van der Waals surface area contributed by atoms with Crippen molar-refractivity contribution in [2.24, 2.45) is 0 Å². The molecule has 8 nitrogen and oxygen atoms in total. The predicted octanol–water partition coefficient (Wildman–Crippen LogP) is 4.01. The smallest absolute Gasteiger partial charge is 0.337 e. The molecule has 36 heavy (non-hydrogen) atoms. The molecule has 1 unspecified atom stereocenters. The van der Waals surface area contributed by atoms with Crippen LogP contribution in [0.1, 0.15) is 33.1 Å². The van der Waals surface area contributed by atoms with Crippen LogP contribution in [-0.2, 0) is 20.7 Å². The Morgan fingerprint density at radius 2 is 1.83 bits per heavy atom. The fourth-order valence-corrected chi connectivity index (χ4v) is 4.61. The number of para-hydroxylation sites is 1. The van der Waals surface area contributed by atoms with E-state index in [1.165, 1.54) is 18.2 Å². The number of amides is 1. The molecule has 0 bridgehead atoms. The summed E-state index contributed by atoms with van der Waals surface area (Å²) in [5.74, 6) is -2.25. The molecular weight excluding hydrogens is 458 g/mol. The van der Waals surface area contributed by atoms with E-state index in [1.54, 1.807) is 42.6 Å². The predicted molar refractivity (Wildman–Crippen MR) is 133 cm³/mol. The van der Waals surface area contributed by atoms with Crippen LogP contribution in [0.4, 0.5) is 0 Å². The van der Waals surface area contributed by atoms with Crippen LogP contribution in [0.25, 0.3) is 16.7 Å². The molecule has 1 aliphatic heterocycles. The molecule has 1 atom stereocenters. The molecule has 1 fully saturated rings. The zero-order valence-electron chi connectivity index (χ0n) is 19.5. The fourth-order valence-electron chi connectivity index (χ4n) is 4.61. The monoisotopic (exact) mass is 481 g/mol. The van der Waals surface area contributed by atoms with Crippen molar-refractivity contribution in [3.63, 3.8) is 0 Å². The molecular formula is C28H23N3O5. The Kier molecular flexibility index (Phi) is 6.08. The molecule has 2 N–H and O–H groups in total. The highest BCUT2D eigenvalue weighted by molar-refractivity contribution is 6.46. The Morgan fingerprint density at radius 1 is 1.06 bits per heavy atom. The number of nitrogens with one attached hydrogen (secondary N) is 1. The van der Waals surface area contributed by atoms with E-state index < -0.39 is 23.7 Å². The Bertz CT molecular complexity index is 1490. The number of carbonyl (C=O) groups excluding carboxylic acids is 3. The van der Waals surface area contributed by atoms with Crippen LogP contribution in [-0.4, -0.2) is 51.3 Å². The van der Waals surface area contributed by atoms with Crippen LogP contribution in [0, 0.1) is 0 Å². The number of rotatable bonds is 6. The zero-order valence-corrected chi connectivity index (χ0v) is 19.5. The third-order valence-corrected chi connectivity index (χ3v) is 6.42. The number of aromatic amines is 1. The Labute approximate surface area is 206 Å². The van der Waals surface area contributed by atoms with Crippen LogP contribution >= 0.6 is 0 Å². The van der Waals surface area contributed by atoms with E-state index in [9.17, 15) is 19.5 Å². The summed E-state index contributed by atoms with van der Waals surface area (Å²) in [5.41, 5.74) is 3.25. The summed E-state index contributed by atoms with van der Waals surface area (Å²) in [7, 11) is 1.30. The van der Waals surface area contributed by atoms with Gasteiger partial charge in [0.1, 0.15) is 5.76 Å². The van der Waals surface area contributed by atoms with Gasteiger partial charge in [-0.2, -0.15) is 0 Å². The number of esters is 1. The average Bonchev–Trinajstić information content (AvgIpc) is 3.45. The Hall–Kier alpha value is -4.72. The van der Waals surface area contributed by atoms with Gasteiger partial charge >= 0.3 is 5.97 Å². The lowest BCUT2D eigenvalue weighted by molar-refractivity contribution is -0.139. The van der Waals surface area contributed by atoms with Gasteiger partial charge in [0.2, 0.25) is 0 Å². The topological polar surface area (TPSA) is 113 Å². The van der Waals surface area contributed by atoms with E-state index in [0.717, 1.165) is 16.5 Å². The lowest BCUT2D eigenvalue weighted by Gasteiger charge is -2.25. The van der Waals surface area contributed by atoms with Crippen LogP contribution in [0.3, 0.4) is 0 Å². The summed E-state index contributed by atoms with van der Waals surface area (Å²) < 4.78 is 4.77. The minimum Gasteiger partial charge on any atom is -0.507 e. The van der Waals surface area contributed by atoms with Gasteiger partial charge in [-0.3, -0.25) is 14.6 Å². The maximum absolute atomic E-state index is 13.2. The molecule has 1 aliphatic rings. The van der Waals surface area contributed by atoms with Crippen molar-refractivity contribution in [2.45, 2.75) is 12.5 Å². The molecule has 0 saturated carbocycles. The number of aliphatic hydroxyl groups is 1. The number of nitrogens with zero attached hydrogens (tertiary/aromatic N) is 2. The Balaban J connectivity index is 1.56. The van der Waals surface area contributed by atoms with Gasteiger partial charge < -0.3 is 19.7 Å². The fraction of sp³-hybridized carbons (Fsp3) is 0.143. The number of pyridine rings is 1. The molecule has 0 aliphatic carbocycles. The van der Waals surface area contributed by atoms with Crippen molar-refractivity contribution in [2.75, 3.05) is 13.7 Å². The third-order valence-electron chi connectivity index (χ3n) is 6.42. The molecule has 2 aromatic carbocycles. The summed E-state index contributed by atoms with van der Waals surface area (Å²) in [4.78, 5) is 47.0. The average molecular weight is 482 g/mol. The van der Waals surface area contributed by atoms with Gasteiger partial charge in [-0.15, -0.1) is 0 Å². The first-order valence-corrected chi connectivity index (χ1v) is 11.4. The maximum atomic E-state index is 13.2. The van der Waals surface area contributed by atoms with Gasteiger partial charge in [0.15, 0.2) is 0 Å². The van der Waals surface area contributed by atoms with E-state index in [-0.39, 0.29) is 17.9 Å². The SMILES string of the molecule is COC(=O)c1ccc(C2C(=C(O)c3cccnc3)C(=O)C(=O)N2CCc2c[nH]c3ccccc23)cc1. The summed E-state index contributed by atoms with van der Waals surface area (Å²) in [5, 5.41) is 12.1. The molecule has 0 spiro atoms. The second-order valence-electron chi connectivity index (χ2n) is 8.46. The van der Waals surface area contributed by atoms with Gasteiger partial charge in [0.25, 0.3) is 11.7 Å². The number of aliphatic hydroxyl groups excluding tert-OH is 1. The summed E-state index contributed by atoms with van der Waals surface area (Å²) in [6.45, 7) is 0.250. The van der Waals surface area contributed by atoms with Gasteiger partial charge in [-0.1, -0.05) is 30.3 Å². The van der Waals surface area contributed by atoms with Crippen molar-refractivity contribution >= 4 is 34.3 Å². The zero-order chi connectivity index (χ0) is 25.2. The minimum atomic E-state index is -0.831. The van der Waals surface area contributed by atoms with Crippen molar-refractivity contribution in [1.82, 2.24) is 14.9 Å². The first-order valence-electron chi connectivity index (χ1n) is 11.4. The van der Waals surface area contributed by atoms with Gasteiger partial charge in [-0.05, 0) is 47.9 Å². The van der Waals surface area contributed by atoms with Gasteiger partial charge in [0.05, 0.1) is 24.3 Å². The molecule has 5 rings (SSSR count). The van der Waals surface area contributed by atoms with Crippen molar-refractivity contribution < 1.29 is 24.2 Å². The number of likely N-dealkylation sites (tertiary alicyclic amines) is 1. The quantitative estimate of drug-likeness (QED) is 0.186. The lowest BCUT2D eigenvalue weighted by atomic mass is 9.95. The molecule has 1 saturated heterocycles. The number of hydrogen-bond donors (Lipinski definition) is 2. The van der Waals surface area contributed by atoms with Gasteiger partial charge in [0, 0.05) is 41.6 Å². The summed E-state index contributed by atoms with van der Waals surface area (Å²) >= 11 is 0. The molecule has 0 radical (unpaired) electrons. The molecule has 3 heterocycles. The highest BCUT2D eigenvalue weighted by atomic mass is 16.5. The summed E-state index contributed by atoms with van der Waals surface area (Å²) in [6.07, 6.45) is 5.39. The van der Waals surface area contributed by atoms with Crippen molar-refractivity contribution in [3.8, 4) is 0 Å². The molecule has 2 aromatic heterocycles. The summed E-state index contributed by atoms with van der Waals surface area (Å²) in [6, 6.07) is 16.8. The number of benzene rings is 2. The van der Waals surface area contributed by atoms with Gasteiger partial charge in [-0.25, -0.2) is 4.79 Å². The second-order valence-corrected chi connectivity index (χ2v) is 8.46. The number of hydrogen-bond acceptors (Lipinski definition) is 6. The number of aromatic nitrogens is 2. The number of methoxy groups -OCH3 is 1. The highest BCUT2D eigenvalue weighted by Gasteiger charge is 2.46. The van der Waals surface area contributed by atoms with E-state index in [0.29, 0.717) is 23.1 Å². The lowest BCUT2D eigenvalue weighted by Crippen LogP contribution is -2.31. The molecule has 180 valence electrons.